The van der Waals surface area contributed by atoms with Crippen molar-refractivity contribution in [2.24, 2.45) is 22.7 Å². The van der Waals surface area contributed by atoms with Crippen LogP contribution in [0.3, 0.4) is 0 Å². The second kappa shape index (κ2) is 3.94. The highest BCUT2D eigenvalue weighted by molar-refractivity contribution is 5.38. The van der Waals surface area contributed by atoms with Crippen LogP contribution in [-0.2, 0) is 9.47 Å². The maximum Gasteiger partial charge on any atom is 0.194 e. The molecule has 2 heteroatoms. The molecule has 0 aromatic carbocycles. The molecule has 2 unspecified atom stereocenters. The van der Waals surface area contributed by atoms with Crippen molar-refractivity contribution in [1.82, 2.24) is 0 Å². The van der Waals surface area contributed by atoms with Crippen LogP contribution in [0.5, 0.6) is 0 Å². The third-order valence-corrected chi connectivity index (χ3v) is 5.64. The van der Waals surface area contributed by atoms with Crippen LogP contribution in [0.4, 0.5) is 0 Å². The number of fused-ring (bicyclic) bond motifs is 1. The lowest BCUT2D eigenvalue weighted by Crippen LogP contribution is -2.47. The van der Waals surface area contributed by atoms with Gasteiger partial charge >= 0.3 is 0 Å². The van der Waals surface area contributed by atoms with Gasteiger partial charge in [0, 0.05) is 20.1 Å². The summed E-state index contributed by atoms with van der Waals surface area (Å²) in [7, 11) is 3.48. The molecule has 0 radical (unpaired) electrons. The topological polar surface area (TPSA) is 18.5 Å². The Labute approximate surface area is 111 Å². The Morgan fingerprint density at radius 2 is 1.61 bits per heavy atom. The van der Waals surface area contributed by atoms with E-state index < -0.39 is 5.79 Å². The average Bonchev–Trinajstić information content (AvgIpc) is 2.49. The van der Waals surface area contributed by atoms with E-state index in [1.165, 1.54) is 5.57 Å². The van der Waals surface area contributed by atoms with E-state index in [0.29, 0.717) is 5.92 Å². The fourth-order valence-corrected chi connectivity index (χ4v) is 4.09. The van der Waals surface area contributed by atoms with E-state index in [4.69, 9.17) is 9.47 Å². The molecule has 1 fully saturated rings. The fraction of sp³-hybridized carbons (Fsp3) is 0.750. The molecule has 2 atom stereocenters. The minimum atomic E-state index is -0.615. The van der Waals surface area contributed by atoms with Crippen LogP contribution < -0.4 is 0 Å². The Hall–Kier alpha value is -0.600. The van der Waals surface area contributed by atoms with Crippen molar-refractivity contribution < 1.29 is 9.47 Å². The third kappa shape index (κ3) is 1.48. The zero-order valence-corrected chi connectivity index (χ0v) is 12.7. The van der Waals surface area contributed by atoms with Gasteiger partial charge in [0.15, 0.2) is 5.79 Å². The molecule has 0 aromatic rings. The SMILES string of the molecule is COC1(OC)C=CC=C2C1C(C)(C)C(C)C2(C)C. The van der Waals surface area contributed by atoms with Crippen molar-refractivity contribution >= 4 is 0 Å². The van der Waals surface area contributed by atoms with E-state index in [1.807, 2.05) is 0 Å². The summed E-state index contributed by atoms with van der Waals surface area (Å²) in [6.45, 7) is 11.7. The molecule has 2 nitrogen and oxygen atoms in total. The molecule has 0 saturated heterocycles. The Morgan fingerprint density at radius 3 is 2.11 bits per heavy atom. The van der Waals surface area contributed by atoms with Crippen molar-refractivity contribution in [2.75, 3.05) is 14.2 Å². The van der Waals surface area contributed by atoms with Crippen LogP contribution in [0.2, 0.25) is 0 Å². The van der Waals surface area contributed by atoms with E-state index >= 15 is 0 Å². The molecule has 18 heavy (non-hydrogen) atoms. The van der Waals surface area contributed by atoms with Crippen LogP contribution in [-0.4, -0.2) is 20.0 Å². The molecule has 0 amide bonds. The molecule has 0 spiro atoms. The fourth-order valence-electron chi connectivity index (χ4n) is 4.09. The zero-order valence-electron chi connectivity index (χ0n) is 12.7. The summed E-state index contributed by atoms with van der Waals surface area (Å²) in [5, 5.41) is 0. The summed E-state index contributed by atoms with van der Waals surface area (Å²) in [4.78, 5) is 0. The zero-order chi connectivity index (χ0) is 13.8. The molecular weight excluding hydrogens is 224 g/mol. The molecule has 0 N–H and O–H groups in total. The molecule has 0 heterocycles. The van der Waals surface area contributed by atoms with E-state index in [9.17, 15) is 0 Å². The standard InChI is InChI=1S/C16H26O2/c1-11-14(2,3)12-9-8-10-16(17-6,18-7)13(12)15(11,4)5/h8-11,13H,1-7H3. The van der Waals surface area contributed by atoms with Gasteiger partial charge in [0.25, 0.3) is 0 Å². The van der Waals surface area contributed by atoms with Gasteiger partial charge in [-0.25, -0.2) is 0 Å². The Morgan fingerprint density at radius 1 is 1.06 bits per heavy atom. The number of hydrogen-bond acceptors (Lipinski definition) is 2. The Kier molecular flexibility index (Phi) is 3.03. The maximum atomic E-state index is 5.77. The first-order chi connectivity index (χ1) is 8.24. The summed E-state index contributed by atoms with van der Waals surface area (Å²) in [6.07, 6.45) is 6.39. The van der Waals surface area contributed by atoms with Crippen LogP contribution in [0.1, 0.15) is 34.6 Å². The first-order valence-corrected chi connectivity index (χ1v) is 6.74. The van der Waals surface area contributed by atoms with Gasteiger partial charge < -0.3 is 9.47 Å². The van der Waals surface area contributed by atoms with Gasteiger partial charge in [-0.3, -0.25) is 0 Å². The smallest absolute Gasteiger partial charge is 0.194 e. The molecular formula is C16H26O2. The Bertz CT molecular complexity index is 397. The lowest BCUT2D eigenvalue weighted by atomic mass is 9.70. The lowest BCUT2D eigenvalue weighted by molar-refractivity contribution is -0.215. The summed E-state index contributed by atoms with van der Waals surface area (Å²) < 4.78 is 11.5. The quantitative estimate of drug-likeness (QED) is 0.694. The van der Waals surface area contributed by atoms with Crippen molar-refractivity contribution in [1.29, 1.82) is 0 Å². The van der Waals surface area contributed by atoms with Crippen molar-refractivity contribution in [3.05, 3.63) is 23.8 Å². The summed E-state index contributed by atoms with van der Waals surface area (Å²) in [5.41, 5.74) is 1.78. The van der Waals surface area contributed by atoms with Gasteiger partial charge in [-0.2, -0.15) is 0 Å². The molecule has 0 bridgehead atoms. The van der Waals surface area contributed by atoms with Crippen molar-refractivity contribution in [3.63, 3.8) is 0 Å². The maximum absolute atomic E-state index is 5.77. The van der Waals surface area contributed by atoms with Crippen LogP contribution in [0.25, 0.3) is 0 Å². The minimum Gasteiger partial charge on any atom is -0.349 e. The number of allylic oxidation sites excluding steroid dienone is 2. The molecule has 2 aliphatic rings. The normalized spacial score (nSPS) is 35.2. The van der Waals surface area contributed by atoms with E-state index in [1.54, 1.807) is 14.2 Å². The van der Waals surface area contributed by atoms with Crippen molar-refractivity contribution in [3.8, 4) is 0 Å². The van der Waals surface area contributed by atoms with Gasteiger partial charge in [0.05, 0.1) is 0 Å². The highest BCUT2D eigenvalue weighted by Gasteiger charge is 2.62. The predicted octanol–water partition coefficient (Wildman–Crippen LogP) is 3.79. The molecule has 1 saturated carbocycles. The molecule has 2 aliphatic carbocycles. The third-order valence-electron chi connectivity index (χ3n) is 5.64. The van der Waals surface area contributed by atoms with E-state index in [-0.39, 0.29) is 16.7 Å². The summed E-state index contributed by atoms with van der Waals surface area (Å²) in [5.74, 6) is 0.233. The van der Waals surface area contributed by atoms with Crippen LogP contribution in [0, 0.1) is 22.7 Å². The summed E-state index contributed by atoms with van der Waals surface area (Å²) in [6, 6.07) is 0. The largest absolute Gasteiger partial charge is 0.349 e. The predicted molar refractivity (Wildman–Crippen MR) is 74.2 cm³/mol. The molecule has 0 aliphatic heterocycles. The number of ether oxygens (including phenoxy) is 2. The van der Waals surface area contributed by atoms with E-state index in [0.717, 1.165) is 0 Å². The minimum absolute atomic E-state index is 0.145. The number of methoxy groups -OCH3 is 2. The first-order valence-electron chi connectivity index (χ1n) is 6.74. The molecule has 2 rings (SSSR count). The number of hydrogen-bond donors (Lipinski definition) is 0. The van der Waals surface area contributed by atoms with Crippen LogP contribution in [0.15, 0.2) is 23.8 Å². The van der Waals surface area contributed by atoms with Gasteiger partial charge in [0.1, 0.15) is 0 Å². The second-order valence-electron chi connectivity index (χ2n) is 6.81. The Balaban J connectivity index is 2.61. The highest BCUT2D eigenvalue weighted by Crippen LogP contribution is 2.64. The van der Waals surface area contributed by atoms with Gasteiger partial charge in [-0.1, -0.05) is 52.3 Å². The monoisotopic (exact) mass is 250 g/mol. The van der Waals surface area contributed by atoms with Crippen molar-refractivity contribution in [2.45, 2.75) is 40.4 Å². The molecule has 102 valence electrons. The number of rotatable bonds is 2. The van der Waals surface area contributed by atoms with Gasteiger partial charge in [0.2, 0.25) is 0 Å². The van der Waals surface area contributed by atoms with E-state index in [2.05, 4.69) is 52.8 Å². The van der Waals surface area contributed by atoms with Gasteiger partial charge in [-0.05, 0) is 22.8 Å². The van der Waals surface area contributed by atoms with Gasteiger partial charge in [-0.15, -0.1) is 0 Å². The first kappa shape index (κ1) is 13.8. The average molecular weight is 250 g/mol. The second-order valence-corrected chi connectivity index (χ2v) is 6.81. The molecule has 0 aromatic heterocycles. The van der Waals surface area contributed by atoms with Crippen LogP contribution >= 0.6 is 0 Å². The highest BCUT2D eigenvalue weighted by atomic mass is 16.7. The lowest BCUT2D eigenvalue weighted by Gasteiger charge is -2.43. The summed E-state index contributed by atoms with van der Waals surface area (Å²) >= 11 is 0.